The molecule has 100 valence electrons. The van der Waals surface area contributed by atoms with Gasteiger partial charge in [-0.15, -0.1) is 0 Å². The molecule has 1 aromatic heterocycles. The number of aromatic nitrogens is 2. The fourth-order valence-corrected chi connectivity index (χ4v) is 2.13. The molecule has 3 aromatic rings. The Hall–Kier alpha value is -2.82. The summed E-state index contributed by atoms with van der Waals surface area (Å²) in [4.78, 5) is 16.6. The Bertz CT molecular complexity index is 791. The number of carbonyl (C=O) groups is 1. The number of nitrogen functional groups attached to an aromatic ring is 1. The summed E-state index contributed by atoms with van der Waals surface area (Å²) in [6.45, 7) is 0. The second-order valence-corrected chi connectivity index (χ2v) is 4.52. The normalized spacial score (nSPS) is 10.7. The average Bonchev–Trinajstić information content (AvgIpc) is 2.76. The number of rotatable bonds is 2. The molecule has 1 amide bonds. The van der Waals surface area contributed by atoms with Crippen molar-refractivity contribution in [2.24, 2.45) is 7.05 Å². The molecule has 1 heterocycles. The zero-order chi connectivity index (χ0) is 14.1. The minimum atomic E-state index is -0.262. The summed E-state index contributed by atoms with van der Waals surface area (Å²) in [5.41, 5.74) is 8.49. The molecule has 0 aliphatic carbocycles. The standard InChI is InChI=1S/C15H14N4O/c1-19-13-9-5-4-8-12(13)17-15(19)18-14(20)10-6-2-3-7-11(10)16/h2-9H,16H2,1H3,(H,17,18,20). The van der Waals surface area contributed by atoms with Gasteiger partial charge in [0.05, 0.1) is 16.6 Å². The van der Waals surface area contributed by atoms with E-state index in [1.54, 1.807) is 24.3 Å². The van der Waals surface area contributed by atoms with Crippen molar-refractivity contribution >= 4 is 28.6 Å². The third kappa shape index (κ3) is 1.99. The second-order valence-electron chi connectivity index (χ2n) is 4.52. The molecule has 5 heteroatoms. The topological polar surface area (TPSA) is 72.9 Å². The summed E-state index contributed by atoms with van der Waals surface area (Å²) in [6.07, 6.45) is 0. The Morgan fingerprint density at radius 2 is 1.85 bits per heavy atom. The van der Waals surface area contributed by atoms with Crippen LogP contribution < -0.4 is 11.1 Å². The van der Waals surface area contributed by atoms with Gasteiger partial charge in [0.2, 0.25) is 5.95 Å². The highest BCUT2D eigenvalue weighted by Gasteiger charge is 2.13. The summed E-state index contributed by atoms with van der Waals surface area (Å²) in [5, 5.41) is 2.79. The first-order chi connectivity index (χ1) is 9.66. The molecule has 0 radical (unpaired) electrons. The first-order valence-electron chi connectivity index (χ1n) is 6.24. The summed E-state index contributed by atoms with van der Waals surface area (Å²) < 4.78 is 1.84. The monoisotopic (exact) mass is 266 g/mol. The number of aryl methyl sites for hydroxylation is 1. The van der Waals surface area contributed by atoms with E-state index < -0.39 is 0 Å². The molecule has 3 N–H and O–H groups in total. The lowest BCUT2D eigenvalue weighted by molar-refractivity contribution is 0.102. The van der Waals surface area contributed by atoms with Gasteiger partial charge >= 0.3 is 0 Å². The highest BCUT2D eigenvalue weighted by atomic mass is 16.1. The fourth-order valence-electron chi connectivity index (χ4n) is 2.13. The van der Waals surface area contributed by atoms with Crippen LogP contribution in [0.15, 0.2) is 48.5 Å². The Labute approximate surface area is 116 Å². The molecule has 3 rings (SSSR count). The van der Waals surface area contributed by atoms with Gasteiger partial charge in [0, 0.05) is 12.7 Å². The number of benzene rings is 2. The first kappa shape index (κ1) is 12.2. The van der Waals surface area contributed by atoms with Crippen LogP contribution in [0.5, 0.6) is 0 Å². The molecule has 0 atom stereocenters. The molecule has 0 saturated carbocycles. The number of anilines is 2. The third-order valence-corrected chi connectivity index (χ3v) is 3.22. The van der Waals surface area contributed by atoms with Gasteiger partial charge in [0.25, 0.3) is 5.91 Å². The summed E-state index contributed by atoms with van der Waals surface area (Å²) in [7, 11) is 1.86. The van der Waals surface area contributed by atoms with Gasteiger partial charge in [-0.3, -0.25) is 10.1 Å². The van der Waals surface area contributed by atoms with Crippen LogP contribution >= 0.6 is 0 Å². The first-order valence-corrected chi connectivity index (χ1v) is 6.24. The SMILES string of the molecule is Cn1c(NC(=O)c2ccccc2N)nc2ccccc21. The number of hydrogen-bond donors (Lipinski definition) is 2. The van der Waals surface area contributed by atoms with Gasteiger partial charge in [-0.1, -0.05) is 24.3 Å². The van der Waals surface area contributed by atoms with Crippen LogP contribution in [-0.4, -0.2) is 15.5 Å². The number of carbonyl (C=O) groups excluding carboxylic acids is 1. The number of nitrogens with zero attached hydrogens (tertiary/aromatic N) is 2. The van der Waals surface area contributed by atoms with Crippen LogP contribution in [0.2, 0.25) is 0 Å². The molecular weight excluding hydrogens is 252 g/mol. The third-order valence-electron chi connectivity index (χ3n) is 3.22. The number of amides is 1. The minimum absolute atomic E-state index is 0.262. The van der Waals surface area contributed by atoms with E-state index in [2.05, 4.69) is 10.3 Å². The lowest BCUT2D eigenvalue weighted by Gasteiger charge is -2.07. The number of nitrogens with two attached hydrogens (primary N) is 1. The van der Waals surface area contributed by atoms with Crippen molar-refractivity contribution in [3.05, 3.63) is 54.1 Å². The average molecular weight is 266 g/mol. The number of para-hydroxylation sites is 3. The molecule has 5 nitrogen and oxygen atoms in total. The Balaban J connectivity index is 1.96. The highest BCUT2D eigenvalue weighted by Crippen LogP contribution is 2.19. The molecular formula is C15H14N4O. The molecule has 0 bridgehead atoms. The van der Waals surface area contributed by atoms with Crippen molar-refractivity contribution in [2.45, 2.75) is 0 Å². The quantitative estimate of drug-likeness (QED) is 0.699. The molecule has 0 aliphatic heterocycles. The smallest absolute Gasteiger partial charge is 0.260 e. The Kier molecular flexibility index (Phi) is 2.87. The fraction of sp³-hybridized carbons (Fsp3) is 0.0667. The van der Waals surface area contributed by atoms with Crippen molar-refractivity contribution in [2.75, 3.05) is 11.1 Å². The Morgan fingerprint density at radius 3 is 2.60 bits per heavy atom. The lowest BCUT2D eigenvalue weighted by atomic mass is 10.2. The maximum Gasteiger partial charge on any atom is 0.260 e. The minimum Gasteiger partial charge on any atom is -0.398 e. The van der Waals surface area contributed by atoms with Gasteiger partial charge in [0.1, 0.15) is 0 Å². The van der Waals surface area contributed by atoms with Crippen LogP contribution in [0.1, 0.15) is 10.4 Å². The van der Waals surface area contributed by atoms with Crippen molar-refractivity contribution in [1.82, 2.24) is 9.55 Å². The maximum atomic E-state index is 12.2. The molecule has 0 fully saturated rings. The molecule has 0 spiro atoms. The molecule has 2 aromatic carbocycles. The maximum absolute atomic E-state index is 12.2. The van der Waals surface area contributed by atoms with Crippen LogP contribution in [0.4, 0.5) is 11.6 Å². The second kappa shape index (κ2) is 4.70. The number of fused-ring (bicyclic) bond motifs is 1. The number of imidazole rings is 1. The van der Waals surface area contributed by atoms with E-state index >= 15 is 0 Å². The summed E-state index contributed by atoms with van der Waals surface area (Å²) >= 11 is 0. The number of nitrogens with one attached hydrogen (secondary N) is 1. The van der Waals surface area contributed by atoms with Gasteiger partial charge in [0.15, 0.2) is 0 Å². The van der Waals surface area contributed by atoms with Gasteiger partial charge in [-0.05, 0) is 24.3 Å². The predicted molar refractivity (Wildman–Crippen MR) is 79.5 cm³/mol. The molecule has 0 saturated heterocycles. The van der Waals surface area contributed by atoms with E-state index in [4.69, 9.17) is 5.73 Å². The van der Waals surface area contributed by atoms with E-state index in [1.165, 1.54) is 0 Å². The van der Waals surface area contributed by atoms with Crippen molar-refractivity contribution in [3.8, 4) is 0 Å². The summed E-state index contributed by atoms with van der Waals surface area (Å²) in [6, 6.07) is 14.7. The van der Waals surface area contributed by atoms with Gasteiger partial charge in [-0.25, -0.2) is 4.98 Å². The van der Waals surface area contributed by atoms with E-state index in [0.717, 1.165) is 11.0 Å². The van der Waals surface area contributed by atoms with Gasteiger partial charge in [-0.2, -0.15) is 0 Å². The van der Waals surface area contributed by atoms with E-state index in [9.17, 15) is 4.79 Å². The van der Waals surface area contributed by atoms with Crippen molar-refractivity contribution < 1.29 is 4.79 Å². The van der Waals surface area contributed by atoms with E-state index in [1.807, 2.05) is 35.9 Å². The predicted octanol–water partition coefficient (Wildman–Crippen LogP) is 2.41. The van der Waals surface area contributed by atoms with Crippen molar-refractivity contribution in [3.63, 3.8) is 0 Å². The van der Waals surface area contributed by atoms with E-state index in [-0.39, 0.29) is 5.91 Å². The van der Waals surface area contributed by atoms with Crippen molar-refractivity contribution in [1.29, 1.82) is 0 Å². The van der Waals surface area contributed by atoms with Crippen LogP contribution in [-0.2, 0) is 7.05 Å². The molecule has 0 unspecified atom stereocenters. The lowest BCUT2D eigenvalue weighted by Crippen LogP contribution is -2.16. The Morgan fingerprint density at radius 1 is 1.15 bits per heavy atom. The zero-order valence-corrected chi connectivity index (χ0v) is 11.0. The van der Waals surface area contributed by atoms with Gasteiger partial charge < -0.3 is 10.3 Å². The van der Waals surface area contributed by atoms with Crippen LogP contribution in [0.25, 0.3) is 11.0 Å². The molecule has 0 aliphatic rings. The largest absolute Gasteiger partial charge is 0.398 e. The van der Waals surface area contributed by atoms with Crippen LogP contribution in [0.3, 0.4) is 0 Å². The number of hydrogen-bond acceptors (Lipinski definition) is 3. The summed E-state index contributed by atoms with van der Waals surface area (Å²) in [5.74, 6) is 0.237. The highest BCUT2D eigenvalue weighted by molar-refractivity contribution is 6.07. The molecule has 20 heavy (non-hydrogen) atoms. The van der Waals surface area contributed by atoms with Crippen LogP contribution in [0, 0.1) is 0 Å². The van der Waals surface area contributed by atoms with E-state index in [0.29, 0.717) is 17.2 Å². The zero-order valence-electron chi connectivity index (χ0n) is 11.0.